The molecule has 1 fully saturated rings. The number of carboxylic acids is 1. The summed E-state index contributed by atoms with van der Waals surface area (Å²) in [4.78, 5) is 24.6. The molecule has 1 aromatic rings. The molecule has 0 aliphatic carbocycles. The van der Waals surface area contributed by atoms with E-state index in [1.165, 1.54) is 0 Å². The van der Waals surface area contributed by atoms with E-state index in [0.29, 0.717) is 24.5 Å². The van der Waals surface area contributed by atoms with Gasteiger partial charge in [-0.2, -0.15) is 0 Å². The van der Waals surface area contributed by atoms with Gasteiger partial charge in [0.1, 0.15) is 6.04 Å². The predicted molar refractivity (Wildman–Crippen MR) is 82.8 cm³/mol. The number of likely N-dealkylation sites (tertiary alicyclic amines) is 1. The fourth-order valence-electron chi connectivity index (χ4n) is 2.38. The van der Waals surface area contributed by atoms with Crippen molar-refractivity contribution in [3.05, 3.63) is 34.9 Å². The van der Waals surface area contributed by atoms with Crippen molar-refractivity contribution in [1.29, 1.82) is 0 Å². The van der Waals surface area contributed by atoms with Crippen LogP contribution in [0.2, 0.25) is 5.02 Å². The second-order valence-electron chi connectivity index (χ2n) is 4.87. The third-order valence-electron chi connectivity index (χ3n) is 3.37. The maximum atomic E-state index is 11.8. The zero-order chi connectivity index (χ0) is 14.5. The van der Waals surface area contributed by atoms with Crippen LogP contribution in [0.1, 0.15) is 18.4 Å². The number of benzene rings is 1. The fourth-order valence-corrected chi connectivity index (χ4v) is 2.60. The van der Waals surface area contributed by atoms with E-state index in [1.807, 2.05) is 12.1 Å². The first kappa shape index (κ1) is 17.8. The highest BCUT2D eigenvalue weighted by Gasteiger charge is 2.31. The topological polar surface area (TPSA) is 69.6 Å². The first-order chi connectivity index (χ1) is 9.56. The Kier molecular flexibility index (Phi) is 6.95. The van der Waals surface area contributed by atoms with Crippen molar-refractivity contribution < 1.29 is 14.7 Å². The number of carboxylic acid groups (broad SMARTS) is 1. The van der Waals surface area contributed by atoms with Gasteiger partial charge in [0.25, 0.3) is 0 Å². The Bertz CT molecular complexity index is 511. The molecule has 1 saturated heterocycles. The summed E-state index contributed by atoms with van der Waals surface area (Å²) in [6, 6.07) is 6.73. The average molecular weight is 333 g/mol. The smallest absolute Gasteiger partial charge is 0.320 e. The standard InChI is InChI=1S/C14H17ClN2O3.ClH/c15-11-4-1-3-10(7-11)8-16-13(18)9-17-6-2-5-12(17)14(19)20;/h1,3-4,7,12H,2,5-6,8-9H2,(H,16,18)(H,19,20);1H. The number of hydrogen-bond donors (Lipinski definition) is 2. The normalized spacial score (nSPS) is 18.0. The largest absolute Gasteiger partial charge is 0.480 e. The number of carbonyl (C=O) groups is 2. The lowest BCUT2D eigenvalue weighted by Crippen LogP contribution is -2.42. The molecular formula is C14H18Cl2N2O3. The molecule has 0 aromatic heterocycles. The lowest BCUT2D eigenvalue weighted by atomic mass is 10.2. The van der Waals surface area contributed by atoms with E-state index in [0.717, 1.165) is 12.0 Å². The highest BCUT2D eigenvalue weighted by Crippen LogP contribution is 2.16. The maximum Gasteiger partial charge on any atom is 0.320 e. The molecule has 1 atom stereocenters. The van der Waals surface area contributed by atoms with Gasteiger partial charge >= 0.3 is 5.97 Å². The van der Waals surface area contributed by atoms with E-state index in [4.69, 9.17) is 16.7 Å². The van der Waals surface area contributed by atoms with Gasteiger partial charge in [-0.3, -0.25) is 14.5 Å². The number of aliphatic carboxylic acids is 1. The number of carbonyl (C=O) groups excluding carboxylic acids is 1. The molecule has 2 rings (SSSR count). The number of halogens is 2. The summed E-state index contributed by atoms with van der Waals surface area (Å²) in [5.74, 6) is -1.02. The lowest BCUT2D eigenvalue weighted by molar-refractivity contribution is -0.142. The van der Waals surface area contributed by atoms with E-state index in [-0.39, 0.29) is 24.9 Å². The molecule has 7 heteroatoms. The molecule has 0 spiro atoms. The first-order valence-electron chi connectivity index (χ1n) is 6.54. The van der Waals surface area contributed by atoms with E-state index in [1.54, 1.807) is 17.0 Å². The number of amides is 1. The third kappa shape index (κ3) is 5.19. The van der Waals surface area contributed by atoms with Crippen molar-refractivity contribution in [1.82, 2.24) is 10.2 Å². The van der Waals surface area contributed by atoms with Crippen LogP contribution in [-0.4, -0.2) is 41.0 Å². The summed E-state index contributed by atoms with van der Waals surface area (Å²) in [6.07, 6.45) is 1.43. The van der Waals surface area contributed by atoms with Gasteiger partial charge in [-0.15, -0.1) is 12.4 Å². The van der Waals surface area contributed by atoms with E-state index >= 15 is 0 Å². The number of nitrogens with one attached hydrogen (secondary N) is 1. The Morgan fingerprint density at radius 3 is 2.86 bits per heavy atom. The van der Waals surface area contributed by atoms with Gasteiger partial charge in [-0.25, -0.2) is 0 Å². The van der Waals surface area contributed by atoms with Crippen LogP contribution in [0.5, 0.6) is 0 Å². The molecule has 21 heavy (non-hydrogen) atoms. The summed E-state index contributed by atoms with van der Waals surface area (Å²) < 4.78 is 0. The van der Waals surface area contributed by atoms with Gasteiger partial charge in [0, 0.05) is 11.6 Å². The number of nitrogens with zero attached hydrogens (tertiary/aromatic N) is 1. The summed E-state index contributed by atoms with van der Waals surface area (Å²) in [7, 11) is 0. The molecule has 0 radical (unpaired) electrons. The minimum absolute atomic E-state index is 0. The summed E-state index contributed by atoms with van der Waals surface area (Å²) in [6.45, 7) is 1.17. The minimum Gasteiger partial charge on any atom is -0.480 e. The average Bonchev–Trinajstić information content (AvgIpc) is 2.85. The van der Waals surface area contributed by atoms with Gasteiger partial charge in [0.05, 0.1) is 6.54 Å². The molecule has 1 unspecified atom stereocenters. The molecule has 1 heterocycles. The van der Waals surface area contributed by atoms with Crippen LogP contribution < -0.4 is 5.32 Å². The van der Waals surface area contributed by atoms with Gasteiger partial charge < -0.3 is 10.4 Å². The highest BCUT2D eigenvalue weighted by atomic mass is 35.5. The Morgan fingerprint density at radius 1 is 1.43 bits per heavy atom. The zero-order valence-electron chi connectivity index (χ0n) is 11.4. The predicted octanol–water partition coefficient (Wildman–Crippen LogP) is 1.93. The Balaban J connectivity index is 0.00000220. The van der Waals surface area contributed by atoms with Crippen molar-refractivity contribution in [3.63, 3.8) is 0 Å². The van der Waals surface area contributed by atoms with Crippen molar-refractivity contribution in [3.8, 4) is 0 Å². The molecule has 1 aromatic carbocycles. The van der Waals surface area contributed by atoms with Crippen LogP contribution >= 0.6 is 24.0 Å². The summed E-state index contributed by atoms with van der Waals surface area (Å²) >= 11 is 5.87. The Labute approximate surface area is 134 Å². The summed E-state index contributed by atoms with van der Waals surface area (Å²) in [5.41, 5.74) is 0.919. The van der Waals surface area contributed by atoms with Crippen LogP contribution in [0.25, 0.3) is 0 Å². The van der Waals surface area contributed by atoms with E-state index in [2.05, 4.69) is 5.32 Å². The maximum absolute atomic E-state index is 11.8. The number of hydrogen-bond acceptors (Lipinski definition) is 3. The van der Waals surface area contributed by atoms with Crippen molar-refractivity contribution in [2.24, 2.45) is 0 Å². The molecule has 1 aliphatic heterocycles. The lowest BCUT2D eigenvalue weighted by Gasteiger charge is -2.20. The molecule has 1 amide bonds. The molecule has 5 nitrogen and oxygen atoms in total. The van der Waals surface area contributed by atoms with Crippen LogP contribution in [0.3, 0.4) is 0 Å². The van der Waals surface area contributed by atoms with E-state index < -0.39 is 12.0 Å². The van der Waals surface area contributed by atoms with E-state index in [9.17, 15) is 9.59 Å². The summed E-state index contributed by atoms with van der Waals surface area (Å²) in [5, 5.41) is 12.5. The highest BCUT2D eigenvalue weighted by molar-refractivity contribution is 6.30. The Hall–Kier alpha value is -1.30. The van der Waals surface area contributed by atoms with Crippen molar-refractivity contribution in [2.75, 3.05) is 13.1 Å². The molecule has 2 N–H and O–H groups in total. The van der Waals surface area contributed by atoms with Crippen LogP contribution in [-0.2, 0) is 16.1 Å². The molecular weight excluding hydrogens is 315 g/mol. The van der Waals surface area contributed by atoms with Crippen molar-refractivity contribution >= 4 is 35.9 Å². The van der Waals surface area contributed by atoms with Gasteiger partial charge in [-0.05, 0) is 37.1 Å². The van der Waals surface area contributed by atoms with Gasteiger partial charge in [0.2, 0.25) is 5.91 Å². The SMILES string of the molecule is Cl.O=C(CN1CCCC1C(=O)O)NCc1cccc(Cl)c1. The van der Waals surface area contributed by atoms with Gasteiger partial charge in [-0.1, -0.05) is 23.7 Å². The molecule has 116 valence electrons. The number of rotatable bonds is 5. The Morgan fingerprint density at radius 2 is 2.19 bits per heavy atom. The van der Waals surface area contributed by atoms with Crippen LogP contribution in [0, 0.1) is 0 Å². The molecule has 0 saturated carbocycles. The van der Waals surface area contributed by atoms with Crippen LogP contribution in [0.4, 0.5) is 0 Å². The van der Waals surface area contributed by atoms with Gasteiger partial charge in [0.15, 0.2) is 0 Å². The molecule has 0 bridgehead atoms. The quantitative estimate of drug-likeness (QED) is 0.864. The van der Waals surface area contributed by atoms with Crippen molar-refractivity contribution in [2.45, 2.75) is 25.4 Å². The second kappa shape index (κ2) is 8.22. The zero-order valence-corrected chi connectivity index (χ0v) is 13.0. The second-order valence-corrected chi connectivity index (χ2v) is 5.31. The molecule has 1 aliphatic rings. The first-order valence-corrected chi connectivity index (χ1v) is 6.92. The minimum atomic E-state index is -0.856. The monoisotopic (exact) mass is 332 g/mol. The fraction of sp³-hybridized carbons (Fsp3) is 0.429. The van der Waals surface area contributed by atoms with Crippen LogP contribution in [0.15, 0.2) is 24.3 Å². The third-order valence-corrected chi connectivity index (χ3v) is 3.61.